The van der Waals surface area contributed by atoms with E-state index in [2.05, 4.69) is 0 Å². The van der Waals surface area contributed by atoms with E-state index in [1.54, 1.807) is 48.5 Å². The number of hydroxylamine groups is 2. The number of rotatable bonds is 12. The summed E-state index contributed by atoms with van der Waals surface area (Å²) < 4.78 is 25.0. The van der Waals surface area contributed by atoms with Crippen LogP contribution in [-0.4, -0.2) is 69.1 Å². The van der Waals surface area contributed by atoms with Crippen LogP contribution in [0.2, 0.25) is 0 Å². The molecule has 0 aromatic rings. The summed E-state index contributed by atoms with van der Waals surface area (Å²) in [5.41, 5.74) is -2.84. The Labute approximate surface area is 205 Å². The number of hydrogen-bond acceptors (Lipinski definition) is 8. The van der Waals surface area contributed by atoms with Crippen molar-refractivity contribution < 1.29 is 43.4 Å². The van der Waals surface area contributed by atoms with E-state index in [0.29, 0.717) is 0 Å². The molecule has 0 heterocycles. The summed E-state index contributed by atoms with van der Waals surface area (Å²) in [6, 6.07) is 0. The maximum atomic E-state index is 13.8. The Bertz CT molecular complexity index is 668. The molecule has 0 aliphatic carbocycles. The predicted molar refractivity (Wildman–Crippen MR) is 132 cm³/mol. The van der Waals surface area contributed by atoms with Crippen molar-refractivity contribution in [2.45, 2.75) is 113 Å². The van der Waals surface area contributed by atoms with Crippen molar-refractivity contribution in [2.24, 2.45) is 10.8 Å². The maximum Gasteiger partial charge on any atom is 0.350 e. The molecule has 0 spiro atoms. The number of aliphatic hydroxyl groups is 1. The highest BCUT2D eigenvalue weighted by Gasteiger charge is 2.52. The summed E-state index contributed by atoms with van der Waals surface area (Å²) >= 11 is 0. The van der Waals surface area contributed by atoms with E-state index in [9.17, 15) is 24.4 Å². The second-order valence-corrected chi connectivity index (χ2v) is 13.1. The Morgan fingerprint density at radius 3 is 1.53 bits per heavy atom. The maximum absolute atomic E-state index is 13.8. The Morgan fingerprint density at radius 1 is 0.912 bits per heavy atom. The average molecular weight is 514 g/mol. The summed E-state index contributed by atoms with van der Waals surface area (Å²) in [5, 5.41) is 28.6. The number of aliphatic carboxylic acids is 2. The monoisotopic (exact) mass is 513 g/mol. The van der Waals surface area contributed by atoms with Crippen molar-refractivity contribution in [2.75, 3.05) is 13.2 Å². The van der Waals surface area contributed by atoms with E-state index in [-0.39, 0.29) is 25.7 Å². The normalized spacial score (nSPS) is 15.0. The Hall–Kier alpha value is -1.03. The fraction of sp³-hybridized carbons (Fsp3) is 0.913. The van der Waals surface area contributed by atoms with Crippen LogP contribution in [0.5, 0.6) is 0 Å². The van der Waals surface area contributed by atoms with Crippen molar-refractivity contribution >= 4 is 19.5 Å². The van der Waals surface area contributed by atoms with Gasteiger partial charge in [-0.1, -0.05) is 20.8 Å². The molecule has 0 aliphatic heterocycles. The van der Waals surface area contributed by atoms with E-state index in [0.717, 1.165) is 0 Å². The van der Waals surface area contributed by atoms with Crippen molar-refractivity contribution in [1.29, 1.82) is 0 Å². The number of hydrogen-bond donors (Lipinski definition) is 3. The lowest BCUT2D eigenvalue weighted by Crippen LogP contribution is -2.56. The summed E-state index contributed by atoms with van der Waals surface area (Å²) in [4.78, 5) is 29.4. The van der Waals surface area contributed by atoms with Gasteiger partial charge in [0.25, 0.3) is 0 Å². The molecule has 0 saturated carbocycles. The van der Waals surface area contributed by atoms with E-state index in [1.165, 1.54) is 18.9 Å². The van der Waals surface area contributed by atoms with Gasteiger partial charge in [0, 0.05) is 18.1 Å². The van der Waals surface area contributed by atoms with Crippen molar-refractivity contribution in [3.05, 3.63) is 0 Å². The van der Waals surface area contributed by atoms with Crippen LogP contribution in [-0.2, 0) is 28.0 Å². The van der Waals surface area contributed by atoms with Crippen LogP contribution in [0.4, 0.5) is 0 Å². The fourth-order valence-corrected chi connectivity index (χ4v) is 5.62. The molecule has 0 amide bonds. The Balaban J connectivity index is 0. The number of carboxylic acid groups (broad SMARTS) is 2. The predicted octanol–water partition coefficient (Wildman–Crippen LogP) is 5.00. The van der Waals surface area contributed by atoms with Crippen molar-refractivity contribution in [1.82, 2.24) is 5.06 Å². The van der Waals surface area contributed by atoms with Gasteiger partial charge in [0.1, 0.15) is 5.78 Å². The average Bonchev–Trinajstić information content (AvgIpc) is 2.57. The van der Waals surface area contributed by atoms with Gasteiger partial charge in [0.15, 0.2) is 6.10 Å². The van der Waals surface area contributed by atoms with Crippen LogP contribution in [0, 0.1) is 10.8 Å². The fourth-order valence-electron chi connectivity index (χ4n) is 2.93. The molecule has 0 aromatic carbocycles. The van der Waals surface area contributed by atoms with Gasteiger partial charge in [0.2, 0.25) is 0 Å². The molecule has 2 atom stereocenters. The van der Waals surface area contributed by atoms with Crippen LogP contribution >= 0.6 is 7.60 Å². The minimum atomic E-state index is -3.77. The molecule has 0 fully saturated rings. The standard InChI is InChI=1S/C20H40NO8P.C3H8O/c1-11-27-30(26,28-12-2)16(18(3,4)5)21(19(6,7)8)29-14(15(22)23)13-20(9,10)17(24)25;1-3(2)4/h14,16H,11-13H2,1-10H3,(H,22,23)(H,24,25);3-4H,1-2H3. The molecule has 204 valence electrons. The topological polar surface area (TPSA) is 143 Å². The lowest BCUT2D eigenvalue weighted by Gasteiger charge is -2.48. The van der Waals surface area contributed by atoms with Gasteiger partial charge in [-0.3, -0.25) is 14.2 Å². The summed E-state index contributed by atoms with van der Waals surface area (Å²) in [6.45, 7) is 20.8. The first kappa shape index (κ1) is 35.1. The third-order valence-electron chi connectivity index (χ3n) is 4.37. The van der Waals surface area contributed by atoms with Crippen LogP contribution in [0.15, 0.2) is 0 Å². The highest BCUT2D eigenvalue weighted by Crippen LogP contribution is 2.61. The Morgan fingerprint density at radius 2 is 1.29 bits per heavy atom. The molecular formula is C23H48NO9P. The molecule has 0 rings (SSSR count). The van der Waals surface area contributed by atoms with Gasteiger partial charge in [-0.15, -0.1) is 0 Å². The lowest BCUT2D eigenvalue weighted by molar-refractivity contribution is -0.269. The summed E-state index contributed by atoms with van der Waals surface area (Å²) in [5.74, 6) is -3.39. The smallest absolute Gasteiger partial charge is 0.350 e. The van der Waals surface area contributed by atoms with E-state index in [1.807, 2.05) is 20.8 Å². The third-order valence-corrected chi connectivity index (χ3v) is 7.19. The van der Waals surface area contributed by atoms with Crippen molar-refractivity contribution in [3.63, 3.8) is 0 Å². The van der Waals surface area contributed by atoms with Gasteiger partial charge in [-0.05, 0) is 67.7 Å². The second kappa shape index (κ2) is 13.9. The van der Waals surface area contributed by atoms with Crippen LogP contribution in [0.3, 0.4) is 0 Å². The minimum Gasteiger partial charge on any atom is -0.481 e. The SMILES string of the molecule is CC(C)O.CCOP(=O)(OCC)C(N(OC(CC(C)(C)C(=O)O)C(=O)O)C(C)(C)C)C(C)(C)C. The van der Waals surface area contributed by atoms with E-state index < -0.39 is 47.8 Å². The molecule has 0 radical (unpaired) electrons. The number of carboxylic acids is 2. The molecule has 3 N–H and O–H groups in total. The van der Waals surface area contributed by atoms with Crippen molar-refractivity contribution in [3.8, 4) is 0 Å². The van der Waals surface area contributed by atoms with Gasteiger partial charge >= 0.3 is 19.5 Å². The Kier molecular flexibility index (Phi) is 14.4. The second-order valence-electron chi connectivity index (χ2n) is 11.0. The molecule has 0 saturated heterocycles. The van der Waals surface area contributed by atoms with Gasteiger partial charge in [-0.2, -0.15) is 5.06 Å². The zero-order valence-electron chi connectivity index (χ0n) is 23.0. The quantitative estimate of drug-likeness (QED) is 0.241. The molecule has 34 heavy (non-hydrogen) atoms. The van der Waals surface area contributed by atoms with Gasteiger partial charge in [-0.25, -0.2) is 4.79 Å². The summed E-state index contributed by atoms with van der Waals surface area (Å²) in [7, 11) is -3.77. The number of aliphatic hydroxyl groups excluding tert-OH is 1. The zero-order chi connectivity index (χ0) is 27.7. The molecule has 0 aromatic heterocycles. The first-order valence-electron chi connectivity index (χ1n) is 11.6. The van der Waals surface area contributed by atoms with Crippen LogP contribution < -0.4 is 0 Å². The molecule has 2 unspecified atom stereocenters. The van der Waals surface area contributed by atoms with Gasteiger partial charge in [0.05, 0.1) is 18.6 Å². The first-order valence-corrected chi connectivity index (χ1v) is 13.2. The molecule has 11 heteroatoms. The highest BCUT2D eigenvalue weighted by molar-refractivity contribution is 7.54. The van der Waals surface area contributed by atoms with Crippen LogP contribution in [0.1, 0.15) is 89.5 Å². The highest BCUT2D eigenvalue weighted by atomic mass is 31.2. The minimum absolute atomic E-state index is 0.135. The zero-order valence-corrected chi connectivity index (χ0v) is 23.9. The molecular weight excluding hydrogens is 465 g/mol. The molecule has 10 nitrogen and oxygen atoms in total. The summed E-state index contributed by atoms with van der Waals surface area (Å²) in [6.07, 6.45) is -1.92. The molecule has 0 bridgehead atoms. The van der Waals surface area contributed by atoms with Crippen LogP contribution in [0.25, 0.3) is 0 Å². The third kappa shape index (κ3) is 12.1. The van der Waals surface area contributed by atoms with E-state index >= 15 is 0 Å². The number of nitrogens with zero attached hydrogens (tertiary/aromatic N) is 1. The largest absolute Gasteiger partial charge is 0.481 e. The van der Waals surface area contributed by atoms with Gasteiger partial charge < -0.3 is 24.4 Å². The lowest BCUT2D eigenvalue weighted by atomic mass is 9.87. The van der Waals surface area contributed by atoms with E-state index in [4.69, 9.17) is 19.0 Å². The molecule has 0 aliphatic rings. The number of carbonyl (C=O) groups is 2. The first-order chi connectivity index (χ1) is 15.1.